The third-order valence-corrected chi connectivity index (χ3v) is 3.32. The van der Waals surface area contributed by atoms with Crippen LogP contribution in [-0.4, -0.2) is 30.8 Å². The summed E-state index contributed by atoms with van der Waals surface area (Å²) in [4.78, 5) is 12.3. The SMILES string of the molecule is CN(CC(F)F)C(=O)C=Cc1csc(Br)c1. The van der Waals surface area contributed by atoms with Crippen molar-refractivity contribution in [3.05, 3.63) is 26.9 Å². The second kappa shape index (κ2) is 6.10. The summed E-state index contributed by atoms with van der Waals surface area (Å²) in [5.74, 6) is -0.428. The quantitative estimate of drug-likeness (QED) is 0.782. The third-order valence-electron chi connectivity index (χ3n) is 1.79. The lowest BCUT2D eigenvalue weighted by molar-refractivity contribution is -0.126. The predicted octanol–water partition coefficient (Wildman–Crippen LogP) is 3.25. The van der Waals surface area contributed by atoms with Crippen molar-refractivity contribution in [3.8, 4) is 0 Å². The Morgan fingerprint density at radius 2 is 2.38 bits per heavy atom. The number of halogens is 3. The Hall–Kier alpha value is -0.750. The summed E-state index contributed by atoms with van der Waals surface area (Å²) in [6.07, 6.45) is 0.389. The number of likely N-dealkylation sites (N-methyl/N-ethyl adjacent to an activating group) is 1. The molecule has 6 heteroatoms. The molecule has 0 fully saturated rings. The number of hydrogen-bond donors (Lipinski definition) is 0. The Labute approximate surface area is 105 Å². The summed E-state index contributed by atoms with van der Waals surface area (Å²) in [7, 11) is 1.35. The van der Waals surface area contributed by atoms with Crippen molar-refractivity contribution < 1.29 is 13.6 Å². The average Bonchev–Trinajstić information content (AvgIpc) is 2.59. The standard InChI is InChI=1S/C10H10BrF2NOS/c1-14(5-9(12)13)10(15)3-2-7-4-8(11)16-6-7/h2-4,6,9H,5H2,1H3. The highest BCUT2D eigenvalue weighted by Gasteiger charge is 2.11. The van der Waals surface area contributed by atoms with E-state index in [1.807, 2.05) is 11.4 Å². The van der Waals surface area contributed by atoms with Crippen molar-refractivity contribution in [2.24, 2.45) is 0 Å². The lowest BCUT2D eigenvalue weighted by atomic mass is 10.3. The number of alkyl halides is 2. The van der Waals surface area contributed by atoms with Crippen LogP contribution in [0.15, 0.2) is 21.3 Å². The van der Waals surface area contributed by atoms with E-state index in [1.54, 1.807) is 6.08 Å². The lowest BCUT2D eigenvalue weighted by Gasteiger charge is -2.13. The molecule has 0 N–H and O–H groups in total. The number of thiophene rings is 1. The van der Waals surface area contributed by atoms with Crippen LogP contribution in [0.3, 0.4) is 0 Å². The van der Waals surface area contributed by atoms with E-state index in [0.29, 0.717) is 0 Å². The molecule has 1 aromatic heterocycles. The van der Waals surface area contributed by atoms with E-state index in [1.165, 1.54) is 24.5 Å². The first kappa shape index (κ1) is 13.3. The molecule has 1 aromatic rings. The molecule has 0 aliphatic heterocycles. The van der Waals surface area contributed by atoms with Gasteiger partial charge >= 0.3 is 0 Å². The Kier molecular flexibility index (Phi) is 5.08. The predicted molar refractivity (Wildman–Crippen MR) is 64.7 cm³/mol. The molecule has 0 saturated carbocycles. The number of rotatable bonds is 4. The van der Waals surface area contributed by atoms with E-state index >= 15 is 0 Å². The molecular weight excluding hydrogens is 300 g/mol. The minimum Gasteiger partial charge on any atom is -0.336 e. The van der Waals surface area contributed by atoms with Gasteiger partial charge in [0.2, 0.25) is 5.91 Å². The largest absolute Gasteiger partial charge is 0.336 e. The molecule has 2 nitrogen and oxygen atoms in total. The molecule has 16 heavy (non-hydrogen) atoms. The average molecular weight is 310 g/mol. The maximum Gasteiger partial charge on any atom is 0.255 e. The number of nitrogens with zero attached hydrogens (tertiary/aromatic N) is 1. The first-order valence-electron chi connectivity index (χ1n) is 4.44. The monoisotopic (exact) mass is 309 g/mol. The summed E-state index contributed by atoms with van der Waals surface area (Å²) in [5.41, 5.74) is 0.871. The van der Waals surface area contributed by atoms with Crippen molar-refractivity contribution in [1.29, 1.82) is 0 Å². The van der Waals surface area contributed by atoms with E-state index in [9.17, 15) is 13.6 Å². The molecule has 1 rings (SSSR count). The van der Waals surface area contributed by atoms with E-state index in [2.05, 4.69) is 15.9 Å². The van der Waals surface area contributed by atoms with Crippen LogP contribution in [-0.2, 0) is 4.79 Å². The van der Waals surface area contributed by atoms with E-state index in [0.717, 1.165) is 14.2 Å². The van der Waals surface area contributed by atoms with Gasteiger partial charge in [0.05, 0.1) is 10.3 Å². The van der Waals surface area contributed by atoms with Gasteiger partial charge in [0.1, 0.15) is 0 Å². The normalized spacial score (nSPS) is 11.3. The van der Waals surface area contributed by atoms with Crippen molar-refractivity contribution >= 4 is 39.2 Å². The second-order valence-corrected chi connectivity index (χ2v) is 5.42. The molecule has 0 aliphatic carbocycles. The van der Waals surface area contributed by atoms with E-state index < -0.39 is 18.9 Å². The van der Waals surface area contributed by atoms with Crippen LogP contribution < -0.4 is 0 Å². The van der Waals surface area contributed by atoms with Crippen LogP contribution in [0.2, 0.25) is 0 Å². The Bertz CT molecular complexity index is 392. The Balaban J connectivity index is 2.53. The zero-order valence-electron chi connectivity index (χ0n) is 8.49. The van der Waals surface area contributed by atoms with Crippen LogP contribution in [0, 0.1) is 0 Å². The van der Waals surface area contributed by atoms with Crippen LogP contribution in [0.1, 0.15) is 5.56 Å². The highest BCUT2D eigenvalue weighted by Crippen LogP contribution is 2.21. The van der Waals surface area contributed by atoms with Crippen molar-refractivity contribution in [1.82, 2.24) is 4.90 Å². The van der Waals surface area contributed by atoms with Gasteiger partial charge in [0, 0.05) is 13.1 Å². The minimum absolute atomic E-state index is 0.428. The van der Waals surface area contributed by atoms with Gasteiger partial charge in [-0.3, -0.25) is 4.79 Å². The summed E-state index contributed by atoms with van der Waals surface area (Å²) in [5, 5.41) is 1.86. The minimum atomic E-state index is -2.50. The topological polar surface area (TPSA) is 20.3 Å². The van der Waals surface area contributed by atoms with Gasteiger partial charge < -0.3 is 4.90 Å². The lowest BCUT2D eigenvalue weighted by Crippen LogP contribution is -2.29. The van der Waals surface area contributed by atoms with Gasteiger partial charge in [0.15, 0.2) is 0 Å². The Morgan fingerprint density at radius 1 is 1.69 bits per heavy atom. The zero-order valence-corrected chi connectivity index (χ0v) is 10.9. The first-order chi connectivity index (χ1) is 7.49. The first-order valence-corrected chi connectivity index (χ1v) is 6.11. The molecule has 0 saturated heterocycles. The fraction of sp³-hybridized carbons (Fsp3) is 0.300. The number of carbonyl (C=O) groups excluding carboxylic acids is 1. The van der Waals surface area contributed by atoms with Gasteiger partial charge in [-0.25, -0.2) is 8.78 Å². The van der Waals surface area contributed by atoms with E-state index in [-0.39, 0.29) is 0 Å². The van der Waals surface area contributed by atoms with Crippen molar-refractivity contribution in [2.45, 2.75) is 6.43 Å². The van der Waals surface area contributed by atoms with Gasteiger partial charge in [-0.1, -0.05) is 0 Å². The summed E-state index contributed by atoms with van der Waals surface area (Å²) in [6.45, 7) is -0.545. The molecule has 0 unspecified atom stereocenters. The molecular formula is C10H10BrF2NOS. The molecule has 0 atom stereocenters. The van der Waals surface area contributed by atoms with Crippen LogP contribution >= 0.6 is 27.3 Å². The van der Waals surface area contributed by atoms with Gasteiger partial charge in [-0.15, -0.1) is 11.3 Å². The molecule has 1 heterocycles. The van der Waals surface area contributed by atoms with Gasteiger partial charge in [-0.2, -0.15) is 0 Å². The molecule has 0 bridgehead atoms. The van der Waals surface area contributed by atoms with E-state index in [4.69, 9.17) is 0 Å². The molecule has 0 spiro atoms. The second-order valence-electron chi connectivity index (χ2n) is 3.13. The van der Waals surface area contributed by atoms with Crippen molar-refractivity contribution in [2.75, 3.05) is 13.6 Å². The molecule has 0 aromatic carbocycles. The highest BCUT2D eigenvalue weighted by molar-refractivity contribution is 9.11. The van der Waals surface area contributed by atoms with Gasteiger partial charge in [-0.05, 0) is 39.0 Å². The van der Waals surface area contributed by atoms with Crippen LogP contribution in [0.4, 0.5) is 8.78 Å². The maximum atomic E-state index is 12.0. The third kappa shape index (κ3) is 4.40. The van der Waals surface area contributed by atoms with Crippen LogP contribution in [0.5, 0.6) is 0 Å². The maximum absolute atomic E-state index is 12.0. The molecule has 0 radical (unpaired) electrons. The van der Waals surface area contributed by atoms with Gasteiger partial charge in [0.25, 0.3) is 6.43 Å². The Morgan fingerprint density at radius 3 is 2.88 bits per heavy atom. The molecule has 1 amide bonds. The summed E-state index contributed by atoms with van der Waals surface area (Å²) in [6, 6.07) is 1.85. The fourth-order valence-corrected chi connectivity index (χ4v) is 2.15. The number of amides is 1. The van der Waals surface area contributed by atoms with Crippen molar-refractivity contribution in [3.63, 3.8) is 0 Å². The number of carbonyl (C=O) groups is 1. The molecule has 0 aliphatic rings. The molecule has 88 valence electrons. The smallest absolute Gasteiger partial charge is 0.255 e. The highest BCUT2D eigenvalue weighted by atomic mass is 79.9. The number of hydrogen-bond acceptors (Lipinski definition) is 2. The zero-order chi connectivity index (χ0) is 12.1. The van der Waals surface area contributed by atoms with Crippen LogP contribution in [0.25, 0.3) is 6.08 Å². The summed E-state index contributed by atoms with van der Waals surface area (Å²) >= 11 is 4.79. The fourth-order valence-electron chi connectivity index (χ4n) is 1.00. The summed E-state index contributed by atoms with van der Waals surface area (Å²) < 4.78 is 24.9.